The molecule has 3 heteroatoms. The zero-order chi connectivity index (χ0) is 14.5. The van der Waals surface area contributed by atoms with Gasteiger partial charge in [0.2, 0.25) is 0 Å². The second kappa shape index (κ2) is 7.41. The molecule has 0 atom stereocenters. The molecule has 0 aliphatic rings. The molecule has 2 rings (SSSR count). The summed E-state index contributed by atoms with van der Waals surface area (Å²) < 4.78 is 2.02. The van der Waals surface area contributed by atoms with E-state index in [1.807, 2.05) is 10.7 Å². The van der Waals surface area contributed by atoms with Crippen LogP contribution >= 0.6 is 19.4 Å². The van der Waals surface area contributed by atoms with E-state index in [1.165, 1.54) is 16.7 Å². The maximum atomic E-state index is 6.06. The SMILES string of the molecule is CC(C)[CH+]c1c([CH]=[Ru]([Cl])[Cl])cccc1-c1ccccc1. The summed E-state index contributed by atoms with van der Waals surface area (Å²) in [5, 5.41) is 0. The van der Waals surface area contributed by atoms with Gasteiger partial charge in [0.15, 0.2) is 0 Å². The predicted octanol–water partition coefficient (Wildman–Crippen LogP) is 5.64. The molecule has 0 amide bonds. The Bertz CT molecular complexity index is 600. The molecular formula is C17H17Cl2Ru+. The summed E-state index contributed by atoms with van der Waals surface area (Å²) in [5.41, 5.74) is 4.83. The van der Waals surface area contributed by atoms with E-state index in [0.29, 0.717) is 5.92 Å². The van der Waals surface area contributed by atoms with Crippen molar-refractivity contribution in [2.75, 3.05) is 0 Å². The van der Waals surface area contributed by atoms with Crippen molar-refractivity contribution in [3.05, 3.63) is 66.1 Å². The fourth-order valence-corrected chi connectivity index (χ4v) is 3.97. The van der Waals surface area contributed by atoms with Crippen LogP contribution in [0.4, 0.5) is 0 Å². The minimum absolute atomic E-state index is 0.471. The van der Waals surface area contributed by atoms with E-state index in [9.17, 15) is 0 Å². The van der Waals surface area contributed by atoms with Crippen LogP contribution in [0.15, 0.2) is 48.5 Å². The van der Waals surface area contributed by atoms with Crippen molar-refractivity contribution in [3.63, 3.8) is 0 Å². The second-order valence-corrected chi connectivity index (χ2v) is 10.6. The molecular weight excluding hydrogens is 376 g/mol. The summed E-state index contributed by atoms with van der Waals surface area (Å²) in [7, 11) is 12.1. The molecule has 0 saturated carbocycles. The van der Waals surface area contributed by atoms with E-state index >= 15 is 0 Å². The van der Waals surface area contributed by atoms with Gasteiger partial charge in [0.1, 0.15) is 0 Å². The Morgan fingerprint density at radius 1 is 1.00 bits per heavy atom. The van der Waals surface area contributed by atoms with Crippen LogP contribution in [0.25, 0.3) is 11.1 Å². The summed E-state index contributed by atoms with van der Waals surface area (Å²) >= 11 is -1.83. The molecule has 0 unspecified atom stereocenters. The molecule has 0 fully saturated rings. The third kappa shape index (κ3) is 4.19. The predicted molar refractivity (Wildman–Crippen MR) is 87.0 cm³/mol. The maximum absolute atomic E-state index is 6.06. The molecule has 0 nitrogen and oxygen atoms in total. The van der Waals surface area contributed by atoms with Crippen LogP contribution in [0.5, 0.6) is 0 Å². The van der Waals surface area contributed by atoms with Gasteiger partial charge in [0, 0.05) is 0 Å². The van der Waals surface area contributed by atoms with E-state index in [-0.39, 0.29) is 0 Å². The van der Waals surface area contributed by atoms with Gasteiger partial charge in [-0.1, -0.05) is 0 Å². The summed E-state index contributed by atoms with van der Waals surface area (Å²) in [6.07, 6.45) is 2.28. The first kappa shape index (κ1) is 15.8. The van der Waals surface area contributed by atoms with Crippen LogP contribution in [-0.2, 0) is 13.5 Å². The van der Waals surface area contributed by atoms with E-state index < -0.39 is 13.5 Å². The van der Waals surface area contributed by atoms with Crippen molar-refractivity contribution < 1.29 is 13.5 Å². The van der Waals surface area contributed by atoms with Crippen LogP contribution in [0, 0.1) is 12.3 Å². The van der Waals surface area contributed by atoms with E-state index in [4.69, 9.17) is 19.4 Å². The first-order valence-corrected chi connectivity index (χ1v) is 11.9. The number of rotatable bonds is 4. The molecule has 20 heavy (non-hydrogen) atoms. The second-order valence-electron chi connectivity index (χ2n) is 4.89. The van der Waals surface area contributed by atoms with Crippen molar-refractivity contribution >= 4 is 24.0 Å². The Morgan fingerprint density at radius 3 is 2.30 bits per heavy atom. The average Bonchev–Trinajstić information content (AvgIpc) is 2.40. The standard InChI is InChI=1S/C17H17.2ClH.Ru/c1-13(2)12-17-14(3)8-7-11-16(17)15-9-5-4-6-10-15;;;/h3-13H,1-2H3;2*1H;/q+1;;;+2/p-2. The monoisotopic (exact) mass is 393 g/mol. The van der Waals surface area contributed by atoms with E-state index in [2.05, 4.69) is 62.7 Å². The number of hydrogen-bond acceptors (Lipinski definition) is 0. The molecule has 0 radical (unpaired) electrons. The molecule has 0 aromatic heterocycles. The summed E-state index contributed by atoms with van der Waals surface area (Å²) in [4.78, 5) is 0. The number of halogens is 2. The molecule has 0 spiro atoms. The third-order valence-electron chi connectivity index (χ3n) is 2.91. The molecule has 0 saturated heterocycles. The quantitative estimate of drug-likeness (QED) is 0.466. The van der Waals surface area contributed by atoms with Crippen LogP contribution in [0.1, 0.15) is 25.0 Å². The Hall–Kier alpha value is -0.617. The molecule has 106 valence electrons. The van der Waals surface area contributed by atoms with Crippen molar-refractivity contribution in [3.8, 4) is 11.1 Å². The van der Waals surface area contributed by atoms with Crippen molar-refractivity contribution in [1.82, 2.24) is 0 Å². The Balaban J connectivity index is 2.59. The summed E-state index contributed by atoms with van der Waals surface area (Å²) in [6, 6.07) is 16.7. The topological polar surface area (TPSA) is 0 Å². The Labute approximate surface area is 134 Å². The zero-order valence-corrected chi connectivity index (χ0v) is 14.7. The zero-order valence-electron chi connectivity index (χ0n) is 11.5. The van der Waals surface area contributed by atoms with Crippen LogP contribution in [-0.4, -0.2) is 4.61 Å². The molecule has 2 aromatic rings. The summed E-state index contributed by atoms with van der Waals surface area (Å²) in [5.74, 6) is 0.471. The van der Waals surface area contributed by atoms with Gasteiger partial charge >= 0.3 is 134 Å². The molecule has 2 aromatic carbocycles. The first-order chi connectivity index (χ1) is 9.58. The number of benzene rings is 2. The van der Waals surface area contributed by atoms with E-state index in [0.717, 1.165) is 5.56 Å². The van der Waals surface area contributed by atoms with Gasteiger partial charge in [-0.05, 0) is 0 Å². The van der Waals surface area contributed by atoms with E-state index in [1.54, 1.807) is 0 Å². The van der Waals surface area contributed by atoms with Gasteiger partial charge in [-0.15, -0.1) is 0 Å². The van der Waals surface area contributed by atoms with Crippen molar-refractivity contribution in [2.45, 2.75) is 13.8 Å². The Morgan fingerprint density at radius 2 is 1.70 bits per heavy atom. The van der Waals surface area contributed by atoms with Gasteiger partial charge in [0.25, 0.3) is 0 Å². The summed E-state index contributed by atoms with van der Waals surface area (Å²) in [6.45, 7) is 4.37. The molecule has 0 aliphatic carbocycles. The first-order valence-electron chi connectivity index (χ1n) is 6.44. The molecule has 0 aliphatic heterocycles. The van der Waals surface area contributed by atoms with Gasteiger partial charge in [-0.2, -0.15) is 0 Å². The average molecular weight is 393 g/mol. The van der Waals surface area contributed by atoms with Gasteiger partial charge in [0.05, 0.1) is 0 Å². The van der Waals surface area contributed by atoms with Crippen LogP contribution in [0.3, 0.4) is 0 Å². The minimum atomic E-state index is -1.83. The number of hydrogen-bond donors (Lipinski definition) is 0. The van der Waals surface area contributed by atoms with Crippen molar-refractivity contribution in [2.24, 2.45) is 5.92 Å². The van der Waals surface area contributed by atoms with Gasteiger partial charge in [-0.3, -0.25) is 0 Å². The normalized spacial score (nSPS) is 11.3. The van der Waals surface area contributed by atoms with Crippen molar-refractivity contribution in [1.29, 1.82) is 0 Å². The molecule has 0 heterocycles. The van der Waals surface area contributed by atoms with Crippen LogP contribution < -0.4 is 0 Å². The molecule has 0 bridgehead atoms. The van der Waals surface area contributed by atoms with Gasteiger partial charge in [-0.25, -0.2) is 0 Å². The Kier molecular flexibility index (Phi) is 5.84. The van der Waals surface area contributed by atoms with Gasteiger partial charge < -0.3 is 0 Å². The fourth-order valence-electron chi connectivity index (χ4n) is 2.14. The molecule has 0 N–H and O–H groups in total. The fraction of sp³-hybridized carbons (Fsp3) is 0.176. The third-order valence-corrected chi connectivity index (χ3v) is 4.74. The van der Waals surface area contributed by atoms with Crippen LogP contribution in [0.2, 0.25) is 0 Å².